The van der Waals surface area contributed by atoms with Crippen LogP contribution in [-0.4, -0.2) is 42.1 Å². The third kappa shape index (κ3) is 3.31. The SMILES string of the molecule is Cc1ccc(OC(C)C(=O)N2CCNC(C)C2C)cc1. The lowest BCUT2D eigenvalue weighted by Gasteiger charge is -2.39. The summed E-state index contributed by atoms with van der Waals surface area (Å²) in [6.07, 6.45) is -0.453. The van der Waals surface area contributed by atoms with E-state index in [1.807, 2.05) is 43.0 Å². The summed E-state index contributed by atoms with van der Waals surface area (Å²) < 4.78 is 5.76. The van der Waals surface area contributed by atoms with Crippen LogP contribution in [-0.2, 0) is 4.79 Å². The van der Waals surface area contributed by atoms with Crippen LogP contribution in [0.4, 0.5) is 0 Å². The van der Waals surface area contributed by atoms with E-state index >= 15 is 0 Å². The molecule has 1 saturated heterocycles. The highest BCUT2D eigenvalue weighted by Crippen LogP contribution is 2.16. The molecule has 0 bridgehead atoms. The van der Waals surface area contributed by atoms with Crippen LogP contribution in [0.15, 0.2) is 24.3 Å². The van der Waals surface area contributed by atoms with Crippen molar-refractivity contribution in [3.8, 4) is 5.75 Å². The normalized spacial score (nSPS) is 24.3. The Balaban J connectivity index is 1.99. The lowest BCUT2D eigenvalue weighted by Crippen LogP contribution is -2.59. The van der Waals surface area contributed by atoms with Gasteiger partial charge in [0, 0.05) is 25.2 Å². The second-order valence-electron chi connectivity index (χ2n) is 5.59. The van der Waals surface area contributed by atoms with Crippen LogP contribution in [0.5, 0.6) is 5.75 Å². The van der Waals surface area contributed by atoms with Crippen molar-refractivity contribution >= 4 is 5.91 Å². The fourth-order valence-corrected chi connectivity index (χ4v) is 2.47. The maximum atomic E-state index is 12.5. The number of carbonyl (C=O) groups excluding carboxylic acids is 1. The van der Waals surface area contributed by atoms with Gasteiger partial charge in [-0.1, -0.05) is 17.7 Å². The lowest BCUT2D eigenvalue weighted by molar-refractivity contribution is -0.141. The van der Waals surface area contributed by atoms with Gasteiger partial charge in [-0.05, 0) is 39.8 Å². The zero-order valence-corrected chi connectivity index (χ0v) is 12.7. The summed E-state index contributed by atoms with van der Waals surface area (Å²) in [5.41, 5.74) is 1.18. The van der Waals surface area contributed by atoms with Crippen molar-refractivity contribution in [3.63, 3.8) is 0 Å². The summed E-state index contributed by atoms with van der Waals surface area (Å²) in [6.45, 7) is 9.62. The van der Waals surface area contributed by atoms with E-state index in [0.717, 1.165) is 18.8 Å². The number of hydrogen-bond donors (Lipinski definition) is 1. The molecule has 1 heterocycles. The first-order chi connectivity index (χ1) is 9.49. The van der Waals surface area contributed by atoms with Crippen LogP contribution in [0.2, 0.25) is 0 Å². The number of rotatable bonds is 3. The molecule has 0 aromatic heterocycles. The van der Waals surface area contributed by atoms with Gasteiger partial charge in [-0.3, -0.25) is 4.79 Å². The molecule has 0 radical (unpaired) electrons. The van der Waals surface area contributed by atoms with Crippen LogP contribution in [0, 0.1) is 6.92 Å². The second-order valence-corrected chi connectivity index (χ2v) is 5.59. The maximum Gasteiger partial charge on any atom is 0.263 e. The fourth-order valence-electron chi connectivity index (χ4n) is 2.47. The van der Waals surface area contributed by atoms with Crippen molar-refractivity contribution in [1.29, 1.82) is 0 Å². The van der Waals surface area contributed by atoms with Gasteiger partial charge < -0.3 is 15.0 Å². The minimum atomic E-state index is -0.453. The predicted octanol–water partition coefficient (Wildman–Crippen LogP) is 1.97. The average molecular weight is 276 g/mol. The van der Waals surface area contributed by atoms with Crippen LogP contribution in [0.25, 0.3) is 0 Å². The van der Waals surface area contributed by atoms with E-state index in [1.54, 1.807) is 0 Å². The molecule has 4 nitrogen and oxygen atoms in total. The molecule has 0 aliphatic carbocycles. The molecule has 1 N–H and O–H groups in total. The summed E-state index contributed by atoms with van der Waals surface area (Å²) >= 11 is 0. The lowest BCUT2D eigenvalue weighted by atomic mass is 10.1. The largest absolute Gasteiger partial charge is 0.481 e. The zero-order chi connectivity index (χ0) is 14.7. The monoisotopic (exact) mass is 276 g/mol. The highest BCUT2D eigenvalue weighted by molar-refractivity contribution is 5.81. The van der Waals surface area contributed by atoms with Crippen molar-refractivity contribution in [1.82, 2.24) is 10.2 Å². The predicted molar refractivity (Wildman–Crippen MR) is 79.9 cm³/mol. The van der Waals surface area contributed by atoms with Crippen molar-refractivity contribution in [2.45, 2.75) is 45.9 Å². The van der Waals surface area contributed by atoms with Crippen molar-refractivity contribution in [2.75, 3.05) is 13.1 Å². The van der Waals surface area contributed by atoms with Crippen LogP contribution in [0.1, 0.15) is 26.3 Å². The van der Waals surface area contributed by atoms with Gasteiger partial charge in [0.05, 0.1) is 0 Å². The minimum Gasteiger partial charge on any atom is -0.481 e. The molecule has 1 fully saturated rings. The molecule has 110 valence electrons. The number of hydrogen-bond acceptors (Lipinski definition) is 3. The topological polar surface area (TPSA) is 41.6 Å². The Kier molecular flexibility index (Phi) is 4.65. The summed E-state index contributed by atoms with van der Waals surface area (Å²) in [7, 11) is 0. The van der Waals surface area contributed by atoms with Gasteiger partial charge in [0.1, 0.15) is 5.75 Å². The number of amides is 1. The number of piperazine rings is 1. The molecule has 1 amide bonds. The van der Waals surface area contributed by atoms with E-state index in [2.05, 4.69) is 19.2 Å². The first-order valence-electron chi connectivity index (χ1n) is 7.26. The minimum absolute atomic E-state index is 0.0615. The van der Waals surface area contributed by atoms with Gasteiger partial charge in [-0.25, -0.2) is 0 Å². The molecule has 20 heavy (non-hydrogen) atoms. The first-order valence-corrected chi connectivity index (χ1v) is 7.26. The molecule has 1 aromatic rings. The number of aryl methyl sites for hydroxylation is 1. The molecule has 3 unspecified atom stereocenters. The molecule has 0 spiro atoms. The molecule has 1 aliphatic heterocycles. The van der Waals surface area contributed by atoms with E-state index in [-0.39, 0.29) is 11.9 Å². The van der Waals surface area contributed by atoms with Crippen molar-refractivity contribution in [2.24, 2.45) is 0 Å². The number of ether oxygens (including phenoxy) is 1. The zero-order valence-electron chi connectivity index (χ0n) is 12.7. The van der Waals surface area contributed by atoms with E-state index in [4.69, 9.17) is 4.74 Å². The van der Waals surface area contributed by atoms with Crippen molar-refractivity contribution < 1.29 is 9.53 Å². The van der Waals surface area contributed by atoms with Gasteiger partial charge >= 0.3 is 0 Å². The summed E-state index contributed by atoms with van der Waals surface area (Å²) in [6, 6.07) is 8.30. The molecular formula is C16H24N2O2. The van der Waals surface area contributed by atoms with Crippen molar-refractivity contribution in [3.05, 3.63) is 29.8 Å². The molecule has 0 saturated carbocycles. The Hall–Kier alpha value is -1.55. The van der Waals surface area contributed by atoms with E-state index in [1.165, 1.54) is 5.56 Å². The summed E-state index contributed by atoms with van der Waals surface area (Å²) in [5, 5.41) is 3.38. The number of carbonyl (C=O) groups is 1. The van der Waals surface area contributed by atoms with E-state index in [0.29, 0.717) is 6.04 Å². The third-order valence-corrected chi connectivity index (χ3v) is 4.00. The Labute approximate surface area is 121 Å². The summed E-state index contributed by atoms with van der Waals surface area (Å²) in [4.78, 5) is 14.4. The Bertz CT molecular complexity index is 458. The van der Waals surface area contributed by atoms with Gasteiger partial charge in [-0.2, -0.15) is 0 Å². The quantitative estimate of drug-likeness (QED) is 0.917. The first kappa shape index (κ1) is 14.9. The van der Waals surface area contributed by atoms with E-state index < -0.39 is 6.10 Å². The van der Waals surface area contributed by atoms with Crippen LogP contribution >= 0.6 is 0 Å². The Morgan fingerprint density at radius 3 is 2.65 bits per heavy atom. The molecule has 1 aromatic carbocycles. The van der Waals surface area contributed by atoms with Gasteiger partial charge in [0.2, 0.25) is 0 Å². The second kappa shape index (κ2) is 6.27. The molecule has 2 rings (SSSR count). The van der Waals surface area contributed by atoms with Gasteiger partial charge in [-0.15, -0.1) is 0 Å². The molecule has 4 heteroatoms. The molecule has 3 atom stereocenters. The smallest absolute Gasteiger partial charge is 0.263 e. The maximum absolute atomic E-state index is 12.5. The highest BCUT2D eigenvalue weighted by Gasteiger charge is 2.31. The van der Waals surface area contributed by atoms with Crippen LogP contribution in [0.3, 0.4) is 0 Å². The Morgan fingerprint density at radius 1 is 1.35 bits per heavy atom. The third-order valence-electron chi connectivity index (χ3n) is 4.00. The van der Waals surface area contributed by atoms with E-state index in [9.17, 15) is 4.79 Å². The van der Waals surface area contributed by atoms with Crippen LogP contribution < -0.4 is 10.1 Å². The van der Waals surface area contributed by atoms with Gasteiger partial charge in [0.25, 0.3) is 5.91 Å². The average Bonchev–Trinajstić information content (AvgIpc) is 2.43. The standard InChI is InChI=1S/C16H24N2O2/c1-11-5-7-15(8-6-11)20-14(4)16(19)18-10-9-17-12(2)13(18)3/h5-8,12-14,17H,9-10H2,1-4H3. The Morgan fingerprint density at radius 2 is 2.00 bits per heavy atom. The molecular weight excluding hydrogens is 252 g/mol. The molecule has 1 aliphatic rings. The van der Waals surface area contributed by atoms with Gasteiger partial charge in [0.15, 0.2) is 6.10 Å². The fraction of sp³-hybridized carbons (Fsp3) is 0.562. The number of nitrogens with zero attached hydrogens (tertiary/aromatic N) is 1. The summed E-state index contributed by atoms with van der Waals surface area (Å²) in [5.74, 6) is 0.804. The number of benzene rings is 1. The number of nitrogens with one attached hydrogen (secondary N) is 1. The highest BCUT2D eigenvalue weighted by atomic mass is 16.5.